The number of nitrogens with zero attached hydrogens (tertiary/aromatic N) is 5. The Balaban J connectivity index is 2.39. The minimum atomic E-state index is -0.246. The Morgan fingerprint density at radius 1 is 1.05 bits per heavy atom. The van der Waals surface area contributed by atoms with Crippen molar-refractivity contribution in [1.29, 1.82) is 0 Å². The first kappa shape index (κ1) is 16.1. The average molecular weight is 305 g/mol. The summed E-state index contributed by atoms with van der Waals surface area (Å²) >= 11 is 0. The Bertz CT molecular complexity index is 749. The molecule has 0 aliphatic carbocycles. The van der Waals surface area contributed by atoms with Gasteiger partial charge in [-0.05, 0) is 0 Å². The predicted octanol–water partition coefficient (Wildman–Crippen LogP) is 2.84. The fourth-order valence-electron chi connectivity index (χ4n) is 1.88. The summed E-state index contributed by atoms with van der Waals surface area (Å²) in [5, 5.41) is 17.9. The molecule has 0 fully saturated rings. The number of nitrogens with one attached hydrogen (secondary N) is 2. The molecular weight excluding hydrogens is 282 g/mol. The topological polar surface area (TPSA) is 104 Å². The standard InChI is InChI=1S/C14H23N7O/c1-13(2,3)9-8(10(22)21(7)20-9)16-18-12-15-11(17-19-12)14(4,5)6/h20H,1-7H3,(H,15,17,19). The van der Waals surface area contributed by atoms with Crippen molar-refractivity contribution in [2.45, 2.75) is 52.4 Å². The normalized spacial score (nSPS) is 13.2. The maximum Gasteiger partial charge on any atom is 0.294 e. The lowest BCUT2D eigenvalue weighted by molar-refractivity contribution is 0.548. The van der Waals surface area contributed by atoms with Crippen LogP contribution in [0.4, 0.5) is 11.6 Å². The molecule has 2 rings (SSSR count). The summed E-state index contributed by atoms with van der Waals surface area (Å²) in [6.45, 7) is 12.1. The monoisotopic (exact) mass is 305 g/mol. The zero-order valence-electron chi connectivity index (χ0n) is 14.1. The third kappa shape index (κ3) is 3.15. The van der Waals surface area contributed by atoms with Gasteiger partial charge in [-0.2, -0.15) is 4.98 Å². The molecule has 0 amide bonds. The van der Waals surface area contributed by atoms with Gasteiger partial charge in [0.25, 0.3) is 11.5 Å². The van der Waals surface area contributed by atoms with E-state index in [1.165, 1.54) is 4.68 Å². The van der Waals surface area contributed by atoms with Crippen molar-refractivity contribution in [3.63, 3.8) is 0 Å². The zero-order chi connectivity index (χ0) is 16.7. The quantitative estimate of drug-likeness (QED) is 0.833. The number of aromatic nitrogens is 5. The van der Waals surface area contributed by atoms with Crippen LogP contribution in [0.25, 0.3) is 0 Å². The Labute approximate surface area is 129 Å². The van der Waals surface area contributed by atoms with Crippen LogP contribution >= 0.6 is 0 Å². The molecule has 0 aliphatic rings. The summed E-state index contributed by atoms with van der Waals surface area (Å²) in [6, 6.07) is 0. The van der Waals surface area contributed by atoms with Crippen molar-refractivity contribution >= 4 is 11.6 Å². The lowest BCUT2D eigenvalue weighted by Crippen LogP contribution is -2.13. The highest BCUT2D eigenvalue weighted by Crippen LogP contribution is 2.28. The van der Waals surface area contributed by atoms with Gasteiger partial charge in [-0.3, -0.25) is 19.7 Å². The predicted molar refractivity (Wildman–Crippen MR) is 84.0 cm³/mol. The van der Waals surface area contributed by atoms with Crippen molar-refractivity contribution in [3.8, 4) is 0 Å². The Morgan fingerprint density at radius 3 is 2.18 bits per heavy atom. The van der Waals surface area contributed by atoms with Crippen molar-refractivity contribution in [2.75, 3.05) is 0 Å². The van der Waals surface area contributed by atoms with E-state index >= 15 is 0 Å². The zero-order valence-corrected chi connectivity index (χ0v) is 14.1. The molecular formula is C14H23N7O. The number of azo groups is 1. The van der Waals surface area contributed by atoms with Crippen molar-refractivity contribution in [2.24, 2.45) is 17.3 Å². The van der Waals surface area contributed by atoms with Crippen LogP contribution in [-0.4, -0.2) is 25.0 Å². The number of hydrogen-bond acceptors (Lipinski definition) is 5. The number of aryl methyl sites for hydroxylation is 1. The lowest BCUT2D eigenvalue weighted by Gasteiger charge is -2.16. The SMILES string of the molecule is Cn1[nH]c(C(C)(C)C)c(N=Nc2n[nH]c(C(C)(C)C)n2)c1=O. The largest absolute Gasteiger partial charge is 0.297 e. The van der Waals surface area contributed by atoms with Gasteiger partial charge in [0, 0.05) is 17.9 Å². The molecule has 0 unspecified atom stereocenters. The number of rotatable bonds is 2. The fraction of sp³-hybridized carbons (Fsp3) is 0.643. The van der Waals surface area contributed by atoms with E-state index in [1.54, 1.807) is 7.05 Å². The summed E-state index contributed by atoms with van der Waals surface area (Å²) in [5.41, 5.74) is 0.402. The lowest BCUT2D eigenvalue weighted by atomic mass is 9.91. The van der Waals surface area contributed by atoms with E-state index in [0.717, 1.165) is 11.5 Å². The first-order valence-electron chi connectivity index (χ1n) is 7.14. The molecule has 2 N–H and O–H groups in total. The molecule has 0 aromatic carbocycles. The van der Waals surface area contributed by atoms with E-state index in [0.29, 0.717) is 0 Å². The molecule has 0 saturated heterocycles. The molecule has 0 spiro atoms. The van der Waals surface area contributed by atoms with E-state index in [-0.39, 0.29) is 28.0 Å². The van der Waals surface area contributed by atoms with Gasteiger partial charge in [-0.25, -0.2) is 0 Å². The second-order valence-corrected chi connectivity index (χ2v) is 7.38. The number of aromatic amines is 2. The van der Waals surface area contributed by atoms with Gasteiger partial charge < -0.3 is 0 Å². The molecule has 2 heterocycles. The fourth-order valence-corrected chi connectivity index (χ4v) is 1.88. The molecule has 0 saturated carbocycles. The van der Waals surface area contributed by atoms with Gasteiger partial charge in [-0.15, -0.1) is 15.3 Å². The van der Waals surface area contributed by atoms with Crippen LogP contribution < -0.4 is 5.56 Å². The van der Waals surface area contributed by atoms with Crippen molar-refractivity contribution in [1.82, 2.24) is 25.0 Å². The Morgan fingerprint density at radius 2 is 1.68 bits per heavy atom. The van der Waals surface area contributed by atoms with Gasteiger partial charge in [-0.1, -0.05) is 41.5 Å². The van der Waals surface area contributed by atoms with Gasteiger partial charge in [0.1, 0.15) is 5.82 Å². The number of H-pyrrole nitrogens is 2. The Hall–Kier alpha value is -2.25. The molecule has 0 aliphatic heterocycles. The third-order valence-corrected chi connectivity index (χ3v) is 3.20. The minimum absolute atomic E-state index is 0.151. The summed E-state index contributed by atoms with van der Waals surface area (Å²) < 4.78 is 1.40. The highest BCUT2D eigenvalue weighted by atomic mass is 16.1. The second kappa shape index (κ2) is 5.19. The molecule has 2 aromatic heterocycles. The van der Waals surface area contributed by atoms with E-state index in [2.05, 4.69) is 30.5 Å². The van der Waals surface area contributed by atoms with Gasteiger partial charge >= 0.3 is 0 Å². The van der Waals surface area contributed by atoms with E-state index in [1.807, 2.05) is 41.5 Å². The molecule has 0 atom stereocenters. The first-order valence-corrected chi connectivity index (χ1v) is 7.14. The maximum atomic E-state index is 12.2. The van der Waals surface area contributed by atoms with E-state index < -0.39 is 0 Å². The molecule has 8 nitrogen and oxygen atoms in total. The highest BCUT2D eigenvalue weighted by Gasteiger charge is 2.24. The van der Waals surface area contributed by atoms with Crippen LogP contribution in [0, 0.1) is 0 Å². The van der Waals surface area contributed by atoms with Crippen LogP contribution in [0.15, 0.2) is 15.0 Å². The van der Waals surface area contributed by atoms with Gasteiger partial charge in [0.2, 0.25) is 0 Å². The van der Waals surface area contributed by atoms with Crippen LogP contribution in [0.5, 0.6) is 0 Å². The first-order chi connectivity index (χ1) is 10.00. The Kier molecular flexibility index (Phi) is 3.80. The maximum absolute atomic E-state index is 12.2. The smallest absolute Gasteiger partial charge is 0.294 e. The van der Waals surface area contributed by atoms with Crippen LogP contribution in [0.3, 0.4) is 0 Å². The average Bonchev–Trinajstić information content (AvgIpc) is 2.93. The van der Waals surface area contributed by atoms with Gasteiger partial charge in [0.05, 0.1) is 5.69 Å². The molecule has 0 radical (unpaired) electrons. The van der Waals surface area contributed by atoms with Crippen LogP contribution in [0.1, 0.15) is 53.1 Å². The second-order valence-electron chi connectivity index (χ2n) is 7.38. The summed E-state index contributed by atoms with van der Waals surface area (Å²) in [5.74, 6) is 0.938. The summed E-state index contributed by atoms with van der Waals surface area (Å²) in [6.07, 6.45) is 0. The molecule has 0 bridgehead atoms. The van der Waals surface area contributed by atoms with E-state index in [9.17, 15) is 4.79 Å². The van der Waals surface area contributed by atoms with E-state index in [4.69, 9.17) is 0 Å². The summed E-state index contributed by atoms with van der Waals surface area (Å²) in [7, 11) is 1.65. The van der Waals surface area contributed by atoms with Gasteiger partial charge in [0.15, 0.2) is 5.69 Å². The minimum Gasteiger partial charge on any atom is -0.297 e. The van der Waals surface area contributed by atoms with Crippen LogP contribution in [0.2, 0.25) is 0 Å². The molecule has 22 heavy (non-hydrogen) atoms. The molecule has 2 aromatic rings. The molecule has 8 heteroatoms. The van der Waals surface area contributed by atoms with Crippen LogP contribution in [-0.2, 0) is 17.9 Å². The summed E-state index contributed by atoms with van der Waals surface area (Å²) in [4.78, 5) is 16.4. The number of hydrogen-bond donors (Lipinski definition) is 2. The van der Waals surface area contributed by atoms with Crippen molar-refractivity contribution < 1.29 is 0 Å². The highest BCUT2D eigenvalue weighted by molar-refractivity contribution is 5.43. The third-order valence-electron chi connectivity index (χ3n) is 3.20. The molecule has 120 valence electrons. The van der Waals surface area contributed by atoms with Crippen molar-refractivity contribution in [3.05, 3.63) is 21.9 Å².